The van der Waals surface area contributed by atoms with E-state index in [0.29, 0.717) is 5.56 Å². The highest BCUT2D eigenvalue weighted by Crippen LogP contribution is 2.25. The Morgan fingerprint density at radius 3 is 2.75 bits per heavy atom. The smallest absolute Gasteiger partial charge is 0.266 e. The van der Waals surface area contributed by atoms with Crippen molar-refractivity contribution in [2.75, 3.05) is 13.1 Å². The molecule has 0 radical (unpaired) electrons. The summed E-state index contributed by atoms with van der Waals surface area (Å²) in [5, 5.41) is 6.94. The highest BCUT2D eigenvalue weighted by atomic mass is 19.2. The molecule has 36 heavy (non-hydrogen) atoms. The molecule has 0 atom stereocenters. The highest BCUT2D eigenvalue weighted by Gasteiger charge is 2.15. The molecule has 0 fully saturated rings. The van der Waals surface area contributed by atoms with E-state index < -0.39 is 23.1 Å². The number of rotatable bonds is 6. The third-order valence-corrected chi connectivity index (χ3v) is 6.00. The normalized spacial score (nSPS) is 13.4. The number of hydrogen-bond donors (Lipinski definition) is 2. The van der Waals surface area contributed by atoms with Crippen LogP contribution in [0.5, 0.6) is 0 Å². The van der Waals surface area contributed by atoms with E-state index in [4.69, 9.17) is 0 Å². The molecule has 1 aliphatic heterocycles. The summed E-state index contributed by atoms with van der Waals surface area (Å²) < 4.78 is 27.9. The molecule has 0 saturated heterocycles. The van der Waals surface area contributed by atoms with Gasteiger partial charge in [-0.25, -0.2) is 23.7 Å². The predicted octanol–water partition coefficient (Wildman–Crippen LogP) is 2.82. The minimum Gasteiger partial charge on any atom is -0.348 e. The van der Waals surface area contributed by atoms with Crippen molar-refractivity contribution in [3.8, 4) is 0 Å². The molecule has 0 aliphatic carbocycles. The van der Waals surface area contributed by atoms with Crippen LogP contribution in [-0.4, -0.2) is 38.5 Å². The second kappa shape index (κ2) is 10.1. The number of benzene rings is 2. The first-order valence-electron chi connectivity index (χ1n) is 11.4. The first-order chi connectivity index (χ1) is 17.5. The summed E-state index contributed by atoms with van der Waals surface area (Å²) in [6.45, 7) is 1.80. The molecule has 2 N–H and O–H groups in total. The van der Waals surface area contributed by atoms with Gasteiger partial charge in [-0.1, -0.05) is 18.2 Å². The van der Waals surface area contributed by atoms with Crippen molar-refractivity contribution in [3.63, 3.8) is 0 Å². The Balaban J connectivity index is 1.34. The summed E-state index contributed by atoms with van der Waals surface area (Å²) in [5.74, 6) is -2.57. The van der Waals surface area contributed by atoms with Gasteiger partial charge in [-0.05, 0) is 53.9 Å². The Kier molecular flexibility index (Phi) is 6.59. The molecule has 2 aromatic heterocycles. The third-order valence-electron chi connectivity index (χ3n) is 6.00. The monoisotopic (exact) mass is 488 g/mol. The maximum atomic E-state index is 13.5. The molecule has 8 nitrogen and oxygen atoms in total. The van der Waals surface area contributed by atoms with E-state index in [0.717, 1.165) is 59.4 Å². The van der Waals surface area contributed by atoms with Crippen LogP contribution in [0.3, 0.4) is 0 Å². The molecular weight excluding hydrogens is 466 g/mol. The molecule has 4 aromatic rings. The second-order valence-electron chi connectivity index (χ2n) is 8.43. The molecule has 5 rings (SSSR count). The van der Waals surface area contributed by atoms with Crippen LogP contribution in [0.4, 0.5) is 8.78 Å². The van der Waals surface area contributed by atoms with Gasteiger partial charge in [0.05, 0.1) is 24.1 Å². The van der Waals surface area contributed by atoms with Gasteiger partial charge < -0.3 is 10.6 Å². The Morgan fingerprint density at radius 2 is 1.94 bits per heavy atom. The predicted molar refractivity (Wildman–Crippen MR) is 130 cm³/mol. The summed E-state index contributed by atoms with van der Waals surface area (Å²) in [4.78, 5) is 38.5. The average Bonchev–Trinajstić information content (AvgIpc) is 2.90. The number of nitrogens with zero attached hydrogens (tertiary/aromatic N) is 4. The van der Waals surface area contributed by atoms with Crippen LogP contribution in [0.1, 0.15) is 33.6 Å². The van der Waals surface area contributed by atoms with Gasteiger partial charge in [0.1, 0.15) is 11.9 Å². The van der Waals surface area contributed by atoms with Crippen LogP contribution < -0.4 is 16.2 Å². The van der Waals surface area contributed by atoms with E-state index in [9.17, 15) is 18.4 Å². The Morgan fingerprint density at radius 1 is 1.08 bits per heavy atom. The lowest BCUT2D eigenvalue weighted by Crippen LogP contribution is -2.33. The largest absolute Gasteiger partial charge is 0.348 e. The quantitative estimate of drug-likeness (QED) is 0.433. The van der Waals surface area contributed by atoms with Crippen LogP contribution in [-0.2, 0) is 13.1 Å². The number of fused-ring (bicyclic) bond motifs is 1. The van der Waals surface area contributed by atoms with Crippen molar-refractivity contribution in [2.24, 2.45) is 0 Å². The first-order valence-corrected chi connectivity index (χ1v) is 11.4. The van der Waals surface area contributed by atoms with Crippen molar-refractivity contribution < 1.29 is 13.6 Å². The van der Waals surface area contributed by atoms with Crippen LogP contribution in [0.25, 0.3) is 16.5 Å². The topological polar surface area (TPSA) is 102 Å². The summed E-state index contributed by atoms with van der Waals surface area (Å²) >= 11 is 0. The molecule has 0 bridgehead atoms. The average molecular weight is 488 g/mol. The van der Waals surface area contributed by atoms with Gasteiger partial charge in [0, 0.05) is 24.7 Å². The Hall–Kier alpha value is -4.31. The van der Waals surface area contributed by atoms with E-state index in [1.807, 2.05) is 18.2 Å². The fourth-order valence-corrected chi connectivity index (χ4v) is 4.14. The van der Waals surface area contributed by atoms with Gasteiger partial charge in [-0.2, -0.15) is 0 Å². The number of carbonyl (C=O) groups excluding carboxylic acids is 1. The van der Waals surface area contributed by atoms with Gasteiger partial charge in [-0.15, -0.1) is 0 Å². The summed E-state index contributed by atoms with van der Waals surface area (Å²) in [5.41, 5.74) is 3.30. The van der Waals surface area contributed by atoms with E-state index in [-0.39, 0.29) is 18.7 Å². The fraction of sp³-hybridized carbons (Fsp3) is 0.192. The summed E-state index contributed by atoms with van der Waals surface area (Å²) in [7, 11) is 0. The van der Waals surface area contributed by atoms with E-state index >= 15 is 0 Å². The standard InChI is InChI=1S/C26H22F2N6O2/c27-21-3-1-17(10-22(21)28)13-34-15-30-12-20(26(34)36)25(35)31-11-16-2-4-23-19(9-16)24(33-14-32-23)18-5-7-29-8-6-18/h1-5,9-10,12,14-15,29H,6-8,11,13H2,(H,31,35). The van der Waals surface area contributed by atoms with E-state index in [1.165, 1.54) is 23.2 Å². The Bertz CT molecular complexity index is 1550. The lowest BCUT2D eigenvalue weighted by atomic mass is 10.0. The van der Waals surface area contributed by atoms with Crippen molar-refractivity contribution in [3.05, 3.63) is 106 Å². The molecule has 0 saturated carbocycles. The lowest BCUT2D eigenvalue weighted by Gasteiger charge is -2.15. The molecule has 0 unspecified atom stereocenters. The number of hydrogen-bond acceptors (Lipinski definition) is 6. The number of halogens is 2. The van der Waals surface area contributed by atoms with Crippen LogP contribution >= 0.6 is 0 Å². The van der Waals surface area contributed by atoms with Crippen molar-refractivity contribution in [1.29, 1.82) is 0 Å². The number of nitrogens with one attached hydrogen (secondary N) is 2. The zero-order chi connectivity index (χ0) is 25.1. The SMILES string of the molecule is O=C(NCc1ccc2ncnc(C3=CCNCC3)c2c1)c1cncn(Cc2ccc(F)c(F)c2)c1=O. The van der Waals surface area contributed by atoms with Gasteiger partial charge in [0.2, 0.25) is 0 Å². The van der Waals surface area contributed by atoms with E-state index in [2.05, 4.69) is 31.7 Å². The zero-order valence-electron chi connectivity index (χ0n) is 19.2. The van der Waals surface area contributed by atoms with Crippen molar-refractivity contribution in [2.45, 2.75) is 19.5 Å². The second-order valence-corrected chi connectivity index (χ2v) is 8.43. The lowest BCUT2D eigenvalue weighted by molar-refractivity contribution is 0.0948. The van der Waals surface area contributed by atoms with Gasteiger partial charge >= 0.3 is 0 Å². The third kappa shape index (κ3) is 4.89. The van der Waals surface area contributed by atoms with Crippen LogP contribution in [0.2, 0.25) is 0 Å². The van der Waals surface area contributed by atoms with Crippen LogP contribution in [0.15, 0.2) is 66.1 Å². The molecule has 10 heteroatoms. The summed E-state index contributed by atoms with van der Waals surface area (Å²) in [6, 6.07) is 9.05. The molecule has 182 valence electrons. The molecule has 2 aromatic carbocycles. The number of aromatic nitrogens is 4. The molecule has 3 heterocycles. The maximum absolute atomic E-state index is 13.5. The Labute approximate surface area is 204 Å². The van der Waals surface area contributed by atoms with Crippen molar-refractivity contribution in [1.82, 2.24) is 30.2 Å². The first kappa shape index (κ1) is 23.4. The summed E-state index contributed by atoms with van der Waals surface area (Å²) in [6.07, 6.45) is 6.98. The minimum atomic E-state index is -1.01. The van der Waals surface area contributed by atoms with Crippen molar-refractivity contribution >= 4 is 22.4 Å². The minimum absolute atomic E-state index is 0.0526. The van der Waals surface area contributed by atoms with Gasteiger partial charge in [-0.3, -0.25) is 14.2 Å². The van der Waals surface area contributed by atoms with E-state index in [1.54, 1.807) is 6.33 Å². The molecule has 1 amide bonds. The maximum Gasteiger partial charge on any atom is 0.266 e. The van der Waals surface area contributed by atoms with Gasteiger partial charge in [0.25, 0.3) is 11.5 Å². The molecule has 1 aliphatic rings. The number of amides is 1. The zero-order valence-corrected chi connectivity index (χ0v) is 19.2. The van der Waals surface area contributed by atoms with Gasteiger partial charge in [0.15, 0.2) is 11.6 Å². The molecular formula is C26H22F2N6O2. The number of carbonyl (C=O) groups is 1. The van der Waals surface area contributed by atoms with Crippen LogP contribution in [0, 0.1) is 11.6 Å². The highest BCUT2D eigenvalue weighted by molar-refractivity contribution is 5.94. The fourth-order valence-electron chi connectivity index (χ4n) is 4.14. The molecule has 0 spiro atoms.